The average molecular weight is 421 g/mol. The van der Waals surface area contributed by atoms with Gasteiger partial charge >= 0.3 is 0 Å². The van der Waals surface area contributed by atoms with Crippen LogP contribution in [0.5, 0.6) is 5.75 Å². The molecule has 1 saturated heterocycles. The van der Waals surface area contributed by atoms with Crippen molar-refractivity contribution in [3.05, 3.63) is 27.7 Å². The van der Waals surface area contributed by atoms with Gasteiger partial charge in [0.05, 0.1) is 16.3 Å². The zero-order valence-corrected chi connectivity index (χ0v) is 16.6. The number of hydrogen-bond acceptors (Lipinski definition) is 4. The second kappa shape index (κ2) is 7.92. The number of amides is 1. The molecule has 3 rings (SSSR count). The Hall–Kier alpha value is -1.02. The fraction of sp³-hybridized carbons (Fsp3) is 0.588. The molecule has 0 bridgehead atoms. The third-order valence-electron chi connectivity index (χ3n) is 5.13. The van der Waals surface area contributed by atoms with Crippen molar-refractivity contribution < 1.29 is 18.3 Å². The normalized spacial score (nSPS) is 19.9. The summed E-state index contributed by atoms with van der Waals surface area (Å²) < 4.78 is 26.4. The fourth-order valence-corrected chi connectivity index (χ4v) is 5.74. The van der Waals surface area contributed by atoms with Gasteiger partial charge in [-0.1, -0.05) is 29.6 Å². The quantitative estimate of drug-likeness (QED) is 0.765. The van der Waals surface area contributed by atoms with E-state index < -0.39 is 15.9 Å². The molecule has 26 heavy (non-hydrogen) atoms. The van der Waals surface area contributed by atoms with E-state index in [9.17, 15) is 18.3 Å². The minimum Gasteiger partial charge on any atom is -0.506 e. The van der Waals surface area contributed by atoms with Gasteiger partial charge in [0.25, 0.3) is 5.91 Å². The number of rotatable bonds is 5. The maximum absolute atomic E-state index is 12.4. The molecule has 0 unspecified atom stereocenters. The molecule has 0 atom stereocenters. The van der Waals surface area contributed by atoms with E-state index in [0.29, 0.717) is 31.8 Å². The Labute approximate surface area is 163 Å². The van der Waals surface area contributed by atoms with Gasteiger partial charge in [-0.3, -0.25) is 4.79 Å². The van der Waals surface area contributed by atoms with Crippen molar-refractivity contribution >= 4 is 39.1 Å². The summed E-state index contributed by atoms with van der Waals surface area (Å²) >= 11 is 11.7. The van der Waals surface area contributed by atoms with Gasteiger partial charge in [-0.25, -0.2) is 12.7 Å². The summed E-state index contributed by atoms with van der Waals surface area (Å²) in [5.41, 5.74) is 0.0162. The molecule has 144 valence electrons. The summed E-state index contributed by atoms with van der Waals surface area (Å²) in [6.45, 7) is 0.782. The molecule has 1 saturated carbocycles. The molecule has 9 heteroatoms. The van der Waals surface area contributed by atoms with Crippen LogP contribution in [-0.2, 0) is 10.0 Å². The highest BCUT2D eigenvalue weighted by Gasteiger charge is 2.32. The van der Waals surface area contributed by atoms with Gasteiger partial charge < -0.3 is 10.4 Å². The van der Waals surface area contributed by atoms with Crippen LogP contribution in [0.2, 0.25) is 10.0 Å². The van der Waals surface area contributed by atoms with Gasteiger partial charge in [-0.05, 0) is 43.7 Å². The van der Waals surface area contributed by atoms with Crippen LogP contribution in [0.4, 0.5) is 0 Å². The molecule has 0 radical (unpaired) electrons. The maximum atomic E-state index is 12.4. The van der Waals surface area contributed by atoms with Crippen LogP contribution in [0.3, 0.4) is 0 Å². The lowest BCUT2D eigenvalue weighted by molar-refractivity contribution is 0.0921. The van der Waals surface area contributed by atoms with Crippen molar-refractivity contribution in [2.24, 2.45) is 5.92 Å². The molecule has 0 spiro atoms. The Morgan fingerprint density at radius 1 is 1.19 bits per heavy atom. The number of carbonyl (C=O) groups excluding carboxylic acids is 1. The standard InChI is InChI=1S/C17H22Cl2N2O4S/c18-12-8-14(16(22)15(19)9-12)17(23)20-13-4-6-21(7-5-13)26(24,25)10-11-2-1-3-11/h8-9,11,13,22H,1-7,10H2,(H,20,23). The average Bonchev–Trinajstić information content (AvgIpc) is 2.55. The zero-order chi connectivity index (χ0) is 18.9. The Kier molecular flexibility index (Phi) is 6.01. The van der Waals surface area contributed by atoms with Crippen LogP contribution >= 0.6 is 23.2 Å². The van der Waals surface area contributed by atoms with Crippen molar-refractivity contribution in [1.29, 1.82) is 0 Å². The van der Waals surface area contributed by atoms with E-state index in [2.05, 4.69) is 5.32 Å². The van der Waals surface area contributed by atoms with Gasteiger partial charge in [0.2, 0.25) is 10.0 Å². The molecule has 1 heterocycles. The van der Waals surface area contributed by atoms with Crippen LogP contribution in [-0.4, -0.2) is 48.6 Å². The minimum absolute atomic E-state index is 0.0135. The van der Waals surface area contributed by atoms with E-state index in [1.807, 2.05) is 0 Å². The number of hydrogen-bond donors (Lipinski definition) is 2. The topological polar surface area (TPSA) is 86.7 Å². The second-order valence-electron chi connectivity index (χ2n) is 7.01. The number of carbonyl (C=O) groups is 1. The first-order valence-corrected chi connectivity index (χ1v) is 11.1. The van der Waals surface area contributed by atoms with E-state index in [1.165, 1.54) is 16.4 Å². The lowest BCUT2D eigenvalue weighted by Gasteiger charge is -2.34. The van der Waals surface area contributed by atoms with Crippen LogP contribution < -0.4 is 5.32 Å². The smallest absolute Gasteiger partial charge is 0.255 e. The molecular weight excluding hydrogens is 399 g/mol. The van der Waals surface area contributed by atoms with Gasteiger partial charge in [0.1, 0.15) is 5.75 Å². The minimum atomic E-state index is -3.22. The molecule has 2 fully saturated rings. The third-order valence-corrected chi connectivity index (χ3v) is 7.68. The molecular formula is C17H22Cl2N2O4S. The number of benzene rings is 1. The maximum Gasteiger partial charge on any atom is 0.255 e. The summed E-state index contributed by atoms with van der Waals surface area (Å²) in [5, 5.41) is 13.0. The van der Waals surface area contributed by atoms with Crippen LogP contribution in [0, 0.1) is 5.92 Å². The van der Waals surface area contributed by atoms with E-state index in [-0.39, 0.29) is 33.2 Å². The first-order valence-electron chi connectivity index (χ1n) is 8.73. The van der Waals surface area contributed by atoms with E-state index in [0.717, 1.165) is 19.3 Å². The predicted molar refractivity (Wildman–Crippen MR) is 101 cm³/mol. The largest absolute Gasteiger partial charge is 0.506 e. The molecule has 6 nitrogen and oxygen atoms in total. The highest BCUT2D eigenvalue weighted by molar-refractivity contribution is 7.89. The van der Waals surface area contributed by atoms with Crippen molar-refractivity contribution in [1.82, 2.24) is 9.62 Å². The highest BCUT2D eigenvalue weighted by Crippen LogP contribution is 2.32. The number of phenolic OH excluding ortho intramolecular Hbond substituents is 1. The number of nitrogens with one attached hydrogen (secondary N) is 1. The number of halogens is 2. The lowest BCUT2D eigenvalue weighted by atomic mass is 9.87. The first kappa shape index (κ1) is 19.7. The summed E-state index contributed by atoms with van der Waals surface area (Å²) in [7, 11) is -3.22. The summed E-state index contributed by atoms with van der Waals surface area (Å²) in [4.78, 5) is 12.4. The van der Waals surface area contributed by atoms with E-state index >= 15 is 0 Å². The van der Waals surface area contributed by atoms with Crippen molar-refractivity contribution in [3.63, 3.8) is 0 Å². The number of nitrogens with zero attached hydrogens (tertiary/aromatic N) is 1. The molecule has 1 aliphatic heterocycles. The van der Waals surface area contributed by atoms with Crippen molar-refractivity contribution in [2.75, 3.05) is 18.8 Å². The number of phenols is 1. The number of sulfonamides is 1. The Bertz CT molecular complexity index is 788. The molecule has 1 aromatic carbocycles. The van der Waals surface area contributed by atoms with Crippen LogP contribution in [0.25, 0.3) is 0 Å². The van der Waals surface area contributed by atoms with Gasteiger partial charge in [-0.2, -0.15) is 0 Å². The highest BCUT2D eigenvalue weighted by atomic mass is 35.5. The Morgan fingerprint density at radius 3 is 2.42 bits per heavy atom. The zero-order valence-electron chi connectivity index (χ0n) is 14.2. The molecule has 0 aromatic heterocycles. The second-order valence-corrected chi connectivity index (χ2v) is 9.86. The van der Waals surface area contributed by atoms with Crippen molar-refractivity contribution in [3.8, 4) is 5.75 Å². The van der Waals surface area contributed by atoms with Gasteiger partial charge in [-0.15, -0.1) is 0 Å². The lowest BCUT2D eigenvalue weighted by Crippen LogP contribution is -2.47. The molecule has 1 amide bonds. The third kappa shape index (κ3) is 4.44. The monoisotopic (exact) mass is 420 g/mol. The SMILES string of the molecule is O=C(NC1CCN(S(=O)(=O)CC2CCC2)CC1)c1cc(Cl)cc(Cl)c1O. The van der Waals surface area contributed by atoms with Crippen LogP contribution in [0.15, 0.2) is 12.1 Å². The van der Waals surface area contributed by atoms with Crippen molar-refractivity contribution in [2.45, 2.75) is 38.1 Å². The molecule has 2 aliphatic rings. The van der Waals surface area contributed by atoms with Gasteiger partial charge in [0.15, 0.2) is 0 Å². The molecule has 1 aliphatic carbocycles. The Balaban J connectivity index is 1.56. The summed E-state index contributed by atoms with van der Waals surface area (Å²) in [6.07, 6.45) is 4.18. The van der Waals surface area contributed by atoms with E-state index in [4.69, 9.17) is 23.2 Å². The number of aromatic hydroxyl groups is 1. The summed E-state index contributed by atoms with van der Waals surface area (Å²) in [5.74, 6) is -0.247. The van der Waals surface area contributed by atoms with Gasteiger partial charge in [0, 0.05) is 24.2 Å². The fourth-order valence-electron chi connectivity index (χ4n) is 3.34. The molecule has 2 N–H and O–H groups in total. The van der Waals surface area contributed by atoms with Crippen LogP contribution in [0.1, 0.15) is 42.5 Å². The molecule has 1 aromatic rings. The summed E-state index contributed by atoms with van der Waals surface area (Å²) in [6, 6.07) is 2.56. The predicted octanol–water partition coefficient (Wildman–Crippen LogP) is 3.02. The number of piperidine rings is 1. The van der Waals surface area contributed by atoms with E-state index in [1.54, 1.807) is 0 Å². The Morgan fingerprint density at radius 2 is 1.85 bits per heavy atom. The first-order chi connectivity index (χ1) is 12.3.